The Hall–Kier alpha value is -0.170. The summed E-state index contributed by atoms with van der Waals surface area (Å²) in [5.41, 5.74) is 0.712. The van der Waals surface area contributed by atoms with E-state index in [1.165, 1.54) is 51.4 Å². The first kappa shape index (κ1) is 23.0. The molecule has 0 aromatic carbocycles. The Morgan fingerprint density at radius 1 is 1.03 bits per heavy atom. The van der Waals surface area contributed by atoms with Gasteiger partial charge < -0.3 is 5.11 Å². The molecule has 4 unspecified atom stereocenters. The van der Waals surface area contributed by atoms with Crippen molar-refractivity contribution in [2.75, 3.05) is 6.61 Å². The molecule has 30 heavy (non-hydrogen) atoms. The first-order valence-electron chi connectivity index (χ1n) is 12.4. The minimum Gasteiger partial charge on any atom is -0.393 e. The normalized spacial score (nSPS) is 47.2. The van der Waals surface area contributed by atoms with Gasteiger partial charge in [-0.25, -0.2) is 4.18 Å². The monoisotopic (exact) mass is 442 g/mol. The Morgan fingerprint density at radius 2 is 1.77 bits per heavy atom. The highest BCUT2D eigenvalue weighted by Crippen LogP contribution is 2.68. The lowest BCUT2D eigenvalue weighted by atomic mass is 9.44. The summed E-state index contributed by atoms with van der Waals surface area (Å²) in [7, 11) is -4.34. The molecular formula is C24H42O5S. The first-order valence-corrected chi connectivity index (χ1v) is 13.7. The fourth-order valence-corrected chi connectivity index (χ4v) is 9.33. The van der Waals surface area contributed by atoms with Gasteiger partial charge in [0.15, 0.2) is 0 Å². The molecule has 4 aliphatic rings. The van der Waals surface area contributed by atoms with Gasteiger partial charge in [0.05, 0.1) is 12.7 Å². The van der Waals surface area contributed by atoms with E-state index >= 15 is 0 Å². The average Bonchev–Trinajstić information content (AvgIpc) is 3.02. The molecule has 4 fully saturated rings. The van der Waals surface area contributed by atoms with Gasteiger partial charge in [-0.05, 0) is 104 Å². The summed E-state index contributed by atoms with van der Waals surface area (Å²) in [5.74, 6) is 3.60. The van der Waals surface area contributed by atoms with Crippen molar-refractivity contribution in [3.8, 4) is 0 Å². The molecule has 0 aliphatic heterocycles. The van der Waals surface area contributed by atoms with Gasteiger partial charge in [-0.15, -0.1) is 0 Å². The zero-order valence-corrected chi connectivity index (χ0v) is 19.9. The quantitative estimate of drug-likeness (QED) is 0.434. The van der Waals surface area contributed by atoms with E-state index in [0.717, 1.165) is 12.8 Å². The Balaban J connectivity index is 1.45. The molecule has 0 aromatic heterocycles. The van der Waals surface area contributed by atoms with E-state index in [1.54, 1.807) is 0 Å². The molecule has 2 N–H and O–H groups in total. The molecule has 4 rings (SSSR count). The number of aliphatic hydroxyl groups is 1. The number of aliphatic hydroxyl groups excluding tert-OH is 1. The van der Waals surface area contributed by atoms with Gasteiger partial charge in [0.25, 0.3) is 0 Å². The number of hydrogen-bond donors (Lipinski definition) is 2. The summed E-state index contributed by atoms with van der Waals surface area (Å²) in [6.45, 7) is 7.39. The molecule has 0 spiro atoms. The van der Waals surface area contributed by atoms with E-state index in [9.17, 15) is 13.5 Å². The van der Waals surface area contributed by atoms with Crippen molar-refractivity contribution in [3.63, 3.8) is 0 Å². The van der Waals surface area contributed by atoms with E-state index in [2.05, 4.69) is 25.0 Å². The van der Waals surface area contributed by atoms with Crippen molar-refractivity contribution in [2.24, 2.45) is 46.3 Å². The Morgan fingerprint density at radius 3 is 2.50 bits per heavy atom. The summed E-state index contributed by atoms with van der Waals surface area (Å²) in [6, 6.07) is 0. The fourth-order valence-electron chi connectivity index (χ4n) is 9.00. The van der Waals surface area contributed by atoms with E-state index in [4.69, 9.17) is 4.55 Å². The third-order valence-electron chi connectivity index (χ3n) is 10.4. The lowest BCUT2D eigenvalue weighted by Gasteiger charge is -2.62. The van der Waals surface area contributed by atoms with Crippen LogP contribution in [0.15, 0.2) is 0 Å². The average molecular weight is 443 g/mol. The van der Waals surface area contributed by atoms with E-state index < -0.39 is 10.4 Å². The van der Waals surface area contributed by atoms with Crippen LogP contribution in [0.5, 0.6) is 0 Å². The van der Waals surface area contributed by atoms with E-state index in [1.807, 2.05) is 0 Å². The van der Waals surface area contributed by atoms with Crippen LogP contribution in [-0.4, -0.2) is 30.8 Å². The van der Waals surface area contributed by atoms with Crippen molar-refractivity contribution >= 4 is 10.4 Å². The Bertz CT molecular complexity index is 723. The zero-order chi connectivity index (χ0) is 21.7. The Kier molecular flexibility index (Phi) is 6.37. The first-order chi connectivity index (χ1) is 14.1. The van der Waals surface area contributed by atoms with Crippen LogP contribution in [0.3, 0.4) is 0 Å². The molecule has 6 heteroatoms. The van der Waals surface area contributed by atoms with Gasteiger partial charge in [-0.3, -0.25) is 4.55 Å². The van der Waals surface area contributed by atoms with E-state index in [-0.39, 0.29) is 18.1 Å². The summed E-state index contributed by atoms with van der Waals surface area (Å²) >= 11 is 0. The summed E-state index contributed by atoms with van der Waals surface area (Å²) in [4.78, 5) is 0. The molecule has 0 saturated heterocycles. The van der Waals surface area contributed by atoms with Crippen LogP contribution in [0.4, 0.5) is 0 Å². The molecule has 0 bridgehead atoms. The van der Waals surface area contributed by atoms with E-state index in [0.29, 0.717) is 47.3 Å². The van der Waals surface area contributed by atoms with Crippen LogP contribution in [0.25, 0.3) is 0 Å². The molecule has 0 aromatic rings. The predicted octanol–water partition coefficient (Wildman–Crippen LogP) is 5.24. The SMILES string of the molecule is C[C@H](CCCOS(=O)(=O)O)[C@H]1CCC2C3C(O)C[C@@H]4CCCC[C@]4(C)C3CC[C@@]21C. The Labute approximate surface area is 183 Å². The summed E-state index contributed by atoms with van der Waals surface area (Å²) < 4.78 is 34.8. The molecule has 4 saturated carbocycles. The third-order valence-corrected chi connectivity index (χ3v) is 10.9. The topological polar surface area (TPSA) is 83.8 Å². The number of fused-ring (bicyclic) bond motifs is 5. The molecule has 0 heterocycles. The highest BCUT2D eigenvalue weighted by Gasteiger charge is 2.62. The molecule has 0 amide bonds. The lowest BCUT2D eigenvalue weighted by Crippen LogP contribution is -2.57. The van der Waals surface area contributed by atoms with Crippen LogP contribution in [0, 0.1) is 46.3 Å². The van der Waals surface area contributed by atoms with Gasteiger partial charge in [0.1, 0.15) is 0 Å². The molecule has 0 radical (unpaired) electrons. The minimum absolute atomic E-state index is 0.0548. The summed E-state index contributed by atoms with van der Waals surface area (Å²) in [5, 5.41) is 11.3. The van der Waals surface area contributed by atoms with Gasteiger partial charge in [0, 0.05) is 0 Å². The third kappa shape index (κ3) is 3.99. The van der Waals surface area contributed by atoms with Crippen LogP contribution in [0.1, 0.15) is 91.4 Å². The highest BCUT2D eigenvalue weighted by molar-refractivity contribution is 7.80. The maximum atomic E-state index is 11.3. The maximum absolute atomic E-state index is 11.3. The number of hydrogen-bond acceptors (Lipinski definition) is 4. The number of rotatable bonds is 6. The fraction of sp³-hybridized carbons (Fsp3) is 1.00. The smallest absolute Gasteiger partial charge is 0.393 e. The molecular weight excluding hydrogens is 400 g/mol. The second-order valence-electron chi connectivity index (χ2n) is 11.6. The van der Waals surface area contributed by atoms with Crippen molar-refractivity contribution in [2.45, 2.75) is 97.5 Å². The van der Waals surface area contributed by atoms with Gasteiger partial charge in [-0.1, -0.05) is 33.6 Å². The maximum Gasteiger partial charge on any atom is 0.397 e. The van der Waals surface area contributed by atoms with Gasteiger partial charge in [-0.2, -0.15) is 8.42 Å². The van der Waals surface area contributed by atoms with Crippen molar-refractivity contribution < 1.29 is 22.3 Å². The minimum atomic E-state index is -4.34. The van der Waals surface area contributed by atoms with Crippen molar-refractivity contribution in [1.82, 2.24) is 0 Å². The zero-order valence-electron chi connectivity index (χ0n) is 19.1. The van der Waals surface area contributed by atoms with Gasteiger partial charge >= 0.3 is 10.4 Å². The van der Waals surface area contributed by atoms with Crippen molar-refractivity contribution in [3.05, 3.63) is 0 Å². The van der Waals surface area contributed by atoms with Crippen LogP contribution in [-0.2, 0) is 14.6 Å². The largest absolute Gasteiger partial charge is 0.397 e. The molecule has 4 aliphatic carbocycles. The second-order valence-corrected chi connectivity index (χ2v) is 12.7. The van der Waals surface area contributed by atoms with Crippen LogP contribution in [0.2, 0.25) is 0 Å². The molecule has 5 nitrogen and oxygen atoms in total. The second kappa shape index (κ2) is 8.31. The van der Waals surface area contributed by atoms with Gasteiger partial charge in [0.2, 0.25) is 0 Å². The van der Waals surface area contributed by atoms with Crippen molar-refractivity contribution in [1.29, 1.82) is 0 Å². The molecule has 9 atom stereocenters. The standard InChI is InChI=1S/C24H42O5S/c1-16(7-6-14-29-30(26,27)28)18-9-10-19-22-20(11-13-24(18,19)3)23(2)12-5-4-8-17(23)15-21(22)25/h16-22,25H,4-15H2,1-3H3,(H,26,27,28)/t16-,17+,18-,19?,20?,21?,22?,23+,24-/m1/s1. The van der Waals surface area contributed by atoms with Crippen LogP contribution >= 0.6 is 0 Å². The summed E-state index contributed by atoms with van der Waals surface area (Å²) in [6.07, 6.45) is 12.8. The highest BCUT2D eigenvalue weighted by atomic mass is 32.3. The lowest BCUT2D eigenvalue weighted by molar-refractivity contribution is -0.164. The molecule has 174 valence electrons. The van der Waals surface area contributed by atoms with Crippen LogP contribution < -0.4 is 0 Å². The predicted molar refractivity (Wildman–Crippen MR) is 117 cm³/mol.